The average molecular weight is 453 g/mol. The number of ether oxygens (including phenoxy) is 1. The fraction of sp³-hybridized carbons (Fsp3) is 0.400. The summed E-state index contributed by atoms with van der Waals surface area (Å²) in [5, 5.41) is 12.4. The molecule has 0 spiro atoms. The van der Waals surface area contributed by atoms with Crippen LogP contribution < -0.4 is 10.1 Å². The molecule has 0 radical (unpaired) electrons. The van der Waals surface area contributed by atoms with Crippen LogP contribution in [-0.4, -0.2) is 26.4 Å². The molecular weight excluding hydrogens is 420 g/mol. The predicted octanol–water partition coefficient (Wildman–Crippen LogP) is 5.42. The van der Waals surface area contributed by atoms with E-state index in [2.05, 4.69) is 53.0 Å². The van der Waals surface area contributed by atoms with Gasteiger partial charge in [-0.1, -0.05) is 56.8 Å². The number of nitrogens with zero attached hydrogens (tertiary/aromatic N) is 3. The molecule has 0 aliphatic rings. The Balaban J connectivity index is 1.64. The molecular formula is C25H32N4O2S. The monoisotopic (exact) mass is 452 g/mol. The lowest BCUT2D eigenvalue weighted by atomic mass is 10.1. The Hall–Kier alpha value is -2.80. The normalized spacial score (nSPS) is 11.1. The van der Waals surface area contributed by atoms with Crippen LogP contribution in [0.3, 0.4) is 0 Å². The first-order chi connectivity index (χ1) is 15.4. The van der Waals surface area contributed by atoms with E-state index < -0.39 is 0 Å². The summed E-state index contributed by atoms with van der Waals surface area (Å²) in [5.74, 6) is 2.19. The minimum absolute atomic E-state index is 0.0587. The summed E-state index contributed by atoms with van der Waals surface area (Å²) in [6.45, 7) is 11.6. The van der Waals surface area contributed by atoms with Gasteiger partial charge in [0.15, 0.2) is 11.0 Å². The molecule has 0 bridgehead atoms. The van der Waals surface area contributed by atoms with Gasteiger partial charge in [0, 0.05) is 12.2 Å². The molecule has 170 valence electrons. The minimum atomic E-state index is -0.0587. The average Bonchev–Trinajstić information content (AvgIpc) is 3.15. The Morgan fingerprint density at radius 1 is 1.12 bits per heavy atom. The van der Waals surface area contributed by atoms with Crippen molar-refractivity contribution in [2.75, 3.05) is 11.1 Å². The maximum absolute atomic E-state index is 12.5. The number of aromatic nitrogens is 3. The van der Waals surface area contributed by atoms with Gasteiger partial charge in [0.1, 0.15) is 12.4 Å². The van der Waals surface area contributed by atoms with Crippen LogP contribution in [0.4, 0.5) is 5.69 Å². The van der Waals surface area contributed by atoms with Crippen LogP contribution in [0.15, 0.2) is 47.6 Å². The molecule has 1 heterocycles. The fourth-order valence-corrected chi connectivity index (χ4v) is 4.02. The lowest BCUT2D eigenvalue weighted by Crippen LogP contribution is -2.16. The van der Waals surface area contributed by atoms with Gasteiger partial charge in [-0.05, 0) is 61.1 Å². The van der Waals surface area contributed by atoms with E-state index in [-0.39, 0.29) is 11.7 Å². The highest BCUT2D eigenvalue weighted by Gasteiger charge is 2.16. The van der Waals surface area contributed by atoms with E-state index in [1.807, 2.05) is 44.2 Å². The van der Waals surface area contributed by atoms with E-state index in [0.29, 0.717) is 12.5 Å². The summed E-state index contributed by atoms with van der Waals surface area (Å²) >= 11 is 1.40. The third-order valence-electron chi connectivity index (χ3n) is 5.25. The van der Waals surface area contributed by atoms with Gasteiger partial charge in [-0.2, -0.15) is 0 Å². The molecule has 0 saturated heterocycles. The highest BCUT2D eigenvalue weighted by molar-refractivity contribution is 7.99. The molecule has 2 aromatic carbocycles. The highest BCUT2D eigenvalue weighted by atomic mass is 32.2. The lowest BCUT2D eigenvalue weighted by Gasteiger charge is -2.13. The van der Waals surface area contributed by atoms with Crippen LogP contribution in [0, 0.1) is 19.8 Å². The van der Waals surface area contributed by atoms with Crippen molar-refractivity contribution >= 4 is 23.4 Å². The van der Waals surface area contributed by atoms with Gasteiger partial charge in [-0.15, -0.1) is 10.2 Å². The Morgan fingerprint density at radius 2 is 1.88 bits per heavy atom. The minimum Gasteiger partial charge on any atom is -0.486 e. The molecule has 0 aliphatic carbocycles. The van der Waals surface area contributed by atoms with E-state index in [0.717, 1.165) is 46.5 Å². The van der Waals surface area contributed by atoms with E-state index in [9.17, 15) is 4.79 Å². The third kappa shape index (κ3) is 6.36. The van der Waals surface area contributed by atoms with Crippen molar-refractivity contribution in [2.24, 2.45) is 5.92 Å². The molecule has 6 nitrogen and oxygen atoms in total. The van der Waals surface area contributed by atoms with Gasteiger partial charge in [0.05, 0.1) is 5.75 Å². The van der Waals surface area contributed by atoms with E-state index >= 15 is 0 Å². The second-order valence-electron chi connectivity index (χ2n) is 8.27. The summed E-state index contributed by atoms with van der Waals surface area (Å²) in [7, 11) is 0. The quantitative estimate of drug-likeness (QED) is 0.416. The number of hydrogen-bond acceptors (Lipinski definition) is 5. The standard InChI is InChI=1S/C25H32N4O2S/c1-6-20-10-12-21(13-11-20)31-15-23-27-28-25(29(23)14-17(2)3)32-16-24(30)26-22-9-7-8-18(4)19(22)5/h7-13,17H,6,14-16H2,1-5H3,(H,26,30). The van der Waals surface area contributed by atoms with Crippen LogP contribution in [0.25, 0.3) is 0 Å². The number of hydrogen-bond donors (Lipinski definition) is 1. The van der Waals surface area contributed by atoms with Crippen molar-refractivity contribution in [3.8, 4) is 5.75 Å². The van der Waals surface area contributed by atoms with Gasteiger partial charge < -0.3 is 14.6 Å². The van der Waals surface area contributed by atoms with Gasteiger partial charge in [-0.25, -0.2) is 0 Å². The van der Waals surface area contributed by atoms with Crippen molar-refractivity contribution < 1.29 is 9.53 Å². The van der Waals surface area contributed by atoms with Gasteiger partial charge >= 0.3 is 0 Å². The molecule has 0 saturated carbocycles. The Labute approximate surface area is 194 Å². The van der Waals surface area contributed by atoms with Gasteiger partial charge in [0.2, 0.25) is 5.91 Å². The molecule has 0 aliphatic heterocycles. The number of carbonyl (C=O) groups excluding carboxylic acids is 1. The van der Waals surface area contributed by atoms with Crippen molar-refractivity contribution in [3.63, 3.8) is 0 Å². The molecule has 1 N–H and O–H groups in total. The molecule has 1 amide bonds. The van der Waals surface area contributed by atoms with Crippen LogP contribution in [-0.2, 0) is 24.4 Å². The number of anilines is 1. The molecule has 0 unspecified atom stereocenters. The van der Waals surface area contributed by atoms with Crippen LogP contribution >= 0.6 is 11.8 Å². The maximum atomic E-state index is 12.5. The van der Waals surface area contributed by atoms with Crippen molar-refractivity contribution in [1.82, 2.24) is 14.8 Å². The second kappa shape index (κ2) is 11.2. The van der Waals surface area contributed by atoms with Gasteiger partial charge in [-0.3, -0.25) is 4.79 Å². The zero-order chi connectivity index (χ0) is 23.1. The summed E-state index contributed by atoms with van der Waals surface area (Å²) in [6, 6.07) is 14.0. The Kier molecular flexibility index (Phi) is 8.33. The third-order valence-corrected chi connectivity index (χ3v) is 6.22. The number of carbonyl (C=O) groups is 1. The van der Waals surface area contributed by atoms with Crippen molar-refractivity contribution in [3.05, 3.63) is 65.0 Å². The SMILES string of the molecule is CCc1ccc(OCc2nnc(SCC(=O)Nc3cccc(C)c3C)n2CC(C)C)cc1. The number of rotatable bonds is 10. The fourth-order valence-electron chi connectivity index (χ4n) is 3.25. The number of thioether (sulfide) groups is 1. The lowest BCUT2D eigenvalue weighted by molar-refractivity contribution is -0.113. The predicted molar refractivity (Wildman–Crippen MR) is 130 cm³/mol. The molecule has 3 aromatic rings. The first-order valence-corrected chi connectivity index (χ1v) is 12.0. The van der Waals surface area contributed by atoms with Crippen LogP contribution in [0.2, 0.25) is 0 Å². The molecule has 7 heteroatoms. The summed E-state index contributed by atoms with van der Waals surface area (Å²) in [5.41, 5.74) is 4.36. The Bertz CT molecular complexity index is 1040. The summed E-state index contributed by atoms with van der Waals surface area (Å²) in [6.07, 6.45) is 1.00. The highest BCUT2D eigenvalue weighted by Crippen LogP contribution is 2.22. The number of benzene rings is 2. The largest absolute Gasteiger partial charge is 0.486 e. The summed E-state index contributed by atoms with van der Waals surface area (Å²) in [4.78, 5) is 12.5. The second-order valence-corrected chi connectivity index (χ2v) is 9.22. The first-order valence-electron chi connectivity index (χ1n) is 11.0. The zero-order valence-electron chi connectivity index (χ0n) is 19.5. The molecule has 3 rings (SSSR count). The Morgan fingerprint density at radius 3 is 2.56 bits per heavy atom. The molecule has 32 heavy (non-hydrogen) atoms. The van der Waals surface area contributed by atoms with Crippen LogP contribution in [0.5, 0.6) is 5.75 Å². The topological polar surface area (TPSA) is 69.0 Å². The van der Waals surface area contributed by atoms with E-state index in [1.54, 1.807) is 0 Å². The maximum Gasteiger partial charge on any atom is 0.234 e. The smallest absolute Gasteiger partial charge is 0.234 e. The van der Waals surface area contributed by atoms with Crippen molar-refractivity contribution in [2.45, 2.75) is 59.3 Å². The molecule has 0 fully saturated rings. The zero-order valence-corrected chi connectivity index (χ0v) is 20.3. The number of amides is 1. The van der Waals surface area contributed by atoms with Crippen molar-refractivity contribution in [1.29, 1.82) is 0 Å². The first kappa shape index (κ1) is 23.9. The summed E-state index contributed by atoms with van der Waals surface area (Å²) < 4.78 is 8.00. The van der Waals surface area contributed by atoms with E-state index in [1.165, 1.54) is 17.3 Å². The van der Waals surface area contributed by atoms with Gasteiger partial charge in [0.25, 0.3) is 0 Å². The molecule has 0 atom stereocenters. The number of aryl methyl sites for hydroxylation is 2. The van der Waals surface area contributed by atoms with Crippen LogP contribution in [0.1, 0.15) is 43.3 Å². The number of nitrogens with one attached hydrogen (secondary N) is 1. The molecule has 1 aromatic heterocycles. The van der Waals surface area contributed by atoms with E-state index in [4.69, 9.17) is 4.74 Å².